The fourth-order valence-electron chi connectivity index (χ4n) is 2.76. The van der Waals surface area contributed by atoms with Crippen molar-refractivity contribution in [1.29, 1.82) is 0 Å². The zero-order valence-corrected chi connectivity index (χ0v) is 16.7. The summed E-state index contributed by atoms with van der Waals surface area (Å²) in [6.45, 7) is 6.93. The Morgan fingerprint density at radius 1 is 1.18 bits per heavy atom. The highest BCUT2D eigenvalue weighted by Gasteiger charge is 2.34. The average molecular weight is 391 g/mol. The van der Waals surface area contributed by atoms with Crippen molar-refractivity contribution in [2.75, 3.05) is 19.6 Å². The van der Waals surface area contributed by atoms with E-state index in [0.29, 0.717) is 19.6 Å². The van der Waals surface area contributed by atoms with Gasteiger partial charge in [0.1, 0.15) is 11.6 Å². The van der Waals surface area contributed by atoms with Crippen LogP contribution >= 0.6 is 0 Å². The number of hydrogen-bond acceptors (Lipinski definition) is 6. The van der Waals surface area contributed by atoms with E-state index >= 15 is 0 Å². The summed E-state index contributed by atoms with van der Waals surface area (Å²) < 4.78 is 5.39. The van der Waals surface area contributed by atoms with Crippen LogP contribution in [0.1, 0.15) is 39.2 Å². The molecule has 0 spiro atoms. The van der Waals surface area contributed by atoms with E-state index in [1.807, 2.05) is 30.3 Å². The third kappa shape index (κ3) is 7.28. The molecule has 1 saturated heterocycles. The molecule has 0 aromatic heterocycles. The van der Waals surface area contributed by atoms with Crippen LogP contribution in [0.3, 0.4) is 0 Å². The van der Waals surface area contributed by atoms with Crippen molar-refractivity contribution < 1.29 is 24.0 Å². The number of hydroxylamine groups is 1. The first-order chi connectivity index (χ1) is 13.3. The minimum atomic E-state index is -0.637. The highest BCUT2D eigenvalue weighted by atomic mass is 16.6. The summed E-state index contributed by atoms with van der Waals surface area (Å²) in [6, 6.07) is 8.80. The Labute approximate surface area is 165 Å². The first-order valence-corrected chi connectivity index (χ1v) is 9.44. The van der Waals surface area contributed by atoms with Gasteiger partial charge in [-0.2, -0.15) is 0 Å². The minimum absolute atomic E-state index is 0.00766. The molecule has 154 valence electrons. The summed E-state index contributed by atoms with van der Waals surface area (Å²) in [7, 11) is 0. The van der Waals surface area contributed by atoms with Gasteiger partial charge in [-0.05, 0) is 26.3 Å². The maximum atomic E-state index is 12.6. The van der Waals surface area contributed by atoms with Crippen molar-refractivity contribution in [3.63, 3.8) is 0 Å². The second kappa shape index (κ2) is 10.2. The molecule has 0 radical (unpaired) electrons. The number of carbonyl (C=O) groups is 3. The molecular weight excluding hydrogens is 362 g/mol. The van der Waals surface area contributed by atoms with Gasteiger partial charge in [-0.1, -0.05) is 30.3 Å². The third-order valence-electron chi connectivity index (χ3n) is 4.11. The van der Waals surface area contributed by atoms with Gasteiger partial charge >= 0.3 is 6.09 Å². The molecule has 2 rings (SSSR count). The molecule has 1 aromatic rings. The Balaban J connectivity index is 1.78. The van der Waals surface area contributed by atoms with E-state index in [-0.39, 0.29) is 31.1 Å². The third-order valence-corrected chi connectivity index (χ3v) is 4.11. The number of ketones is 1. The Hall–Kier alpha value is -2.45. The minimum Gasteiger partial charge on any atom is -0.444 e. The van der Waals surface area contributed by atoms with Gasteiger partial charge in [0.05, 0.1) is 6.61 Å². The zero-order valence-electron chi connectivity index (χ0n) is 16.7. The Kier molecular flexibility index (Phi) is 7.95. The molecule has 1 aliphatic rings. The molecular formula is C20H29N3O5. The molecule has 2 N–H and O–H groups in total. The van der Waals surface area contributed by atoms with E-state index < -0.39 is 17.7 Å². The molecule has 8 heteroatoms. The quantitative estimate of drug-likeness (QED) is 0.688. The number of rotatable bonds is 7. The van der Waals surface area contributed by atoms with Crippen LogP contribution in [0.2, 0.25) is 0 Å². The number of Topliss-reactive ketones (excluding diaryl/α,β-unsaturated/α-hetero) is 1. The van der Waals surface area contributed by atoms with Gasteiger partial charge in [-0.25, -0.2) is 10.3 Å². The second-order valence-corrected chi connectivity index (χ2v) is 7.66. The lowest BCUT2D eigenvalue weighted by molar-refractivity contribution is -0.137. The summed E-state index contributed by atoms with van der Waals surface area (Å²) in [5.41, 5.74) is 2.64. The summed E-state index contributed by atoms with van der Waals surface area (Å²) in [4.78, 5) is 43.5. The second-order valence-electron chi connectivity index (χ2n) is 7.66. The lowest BCUT2D eigenvalue weighted by atomic mass is 10.0. The predicted octanol–water partition coefficient (Wildman–Crippen LogP) is 1.79. The van der Waals surface area contributed by atoms with Crippen molar-refractivity contribution in [2.24, 2.45) is 0 Å². The predicted molar refractivity (Wildman–Crippen MR) is 103 cm³/mol. The van der Waals surface area contributed by atoms with Gasteiger partial charge < -0.3 is 10.1 Å². The number of amides is 2. The number of hydrogen-bond donors (Lipinski definition) is 2. The molecule has 8 nitrogen and oxygen atoms in total. The van der Waals surface area contributed by atoms with Crippen LogP contribution in [0.5, 0.6) is 0 Å². The fraction of sp³-hybridized carbons (Fsp3) is 0.550. The molecule has 0 saturated carbocycles. The van der Waals surface area contributed by atoms with Crippen molar-refractivity contribution in [3.8, 4) is 0 Å². The average Bonchev–Trinajstić information content (AvgIpc) is 2.65. The van der Waals surface area contributed by atoms with Gasteiger partial charge in [-0.3, -0.25) is 19.3 Å². The fourth-order valence-corrected chi connectivity index (χ4v) is 2.76. The van der Waals surface area contributed by atoms with Crippen LogP contribution in [0.25, 0.3) is 0 Å². The maximum absolute atomic E-state index is 12.6. The first-order valence-electron chi connectivity index (χ1n) is 9.44. The normalized spacial score (nSPS) is 17.1. The number of nitrogens with zero attached hydrogens (tertiary/aromatic N) is 1. The van der Waals surface area contributed by atoms with Crippen LogP contribution in [0.15, 0.2) is 30.3 Å². The number of benzene rings is 1. The monoisotopic (exact) mass is 391 g/mol. The van der Waals surface area contributed by atoms with Gasteiger partial charge in [0, 0.05) is 32.5 Å². The number of piperazine rings is 1. The van der Waals surface area contributed by atoms with Crippen LogP contribution in [0, 0.1) is 0 Å². The maximum Gasteiger partial charge on any atom is 0.410 e. The van der Waals surface area contributed by atoms with Crippen molar-refractivity contribution in [3.05, 3.63) is 35.9 Å². The molecule has 1 fully saturated rings. The summed E-state index contributed by atoms with van der Waals surface area (Å²) in [6.07, 6.45) is -0.499. The number of carbonyl (C=O) groups excluding carboxylic acids is 3. The Morgan fingerprint density at radius 3 is 2.57 bits per heavy atom. The van der Waals surface area contributed by atoms with E-state index in [2.05, 4.69) is 10.8 Å². The number of nitrogens with one attached hydrogen (secondary N) is 2. The van der Waals surface area contributed by atoms with Gasteiger partial charge in [-0.15, -0.1) is 0 Å². The first kappa shape index (κ1) is 21.8. The molecule has 2 amide bonds. The van der Waals surface area contributed by atoms with Gasteiger partial charge in [0.15, 0.2) is 5.78 Å². The lowest BCUT2D eigenvalue weighted by Crippen LogP contribution is -2.57. The molecule has 0 unspecified atom stereocenters. The largest absolute Gasteiger partial charge is 0.444 e. The topological polar surface area (TPSA) is 97.0 Å². The SMILES string of the molecule is CC(C)(C)OC(=O)N1CCNC[C@H]1C(=O)CCC(=O)NOCc1ccccc1. The molecule has 0 aliphatic carbocycles. The van der Waals surface area contributed by atoms with E-state index in [1.54, 1.807) is 20.8 Å². The van der Waals surface area contributed by atoms with Gasteiger partial charge in [0.2, 0.25) is 5.91 Å². The van der Waals surface area contributed by atoms with Crippen molar-refractivity contribution >= 4 is 17.8 Å². The molecule has 1 aromatic carbocycles. The van der Waals surface area contributed by atoms with Crippen LogP contribution in [-0.2, 0) is 25.8 Å². The van der Waals surface area contributed by atoms with Crippen molar-refractivity contribution in [1.82, 2.24) is 15.7 Å². The lowest BCUT2D eigenvalue weighted by Gasteiger charge is -2.36. The van der Waals surface area contributed by atoms with Crippen LogP contribution in [0.4, 0.5) is 4.79 Å². The molecule has 1 aliphatic heterocycles. The summed E-state index contributed by atoms with van der Waals surface area (Å²) in [5, 5.41) is 3.11. The van der Waals surface area contributed by atoms with Crippen LogP contribution < -0.4 is 10.8 Å². The zero-order chi connectivity index (χ0) is 20.6. The summed E-state index contributed by atoms with van der Waals surface area (Å²) in [5.74, 6) is -0.562. The standard InChI is InChI=1S/C20H29N3O5/c1-20(2,3)28-19(26)23-12-11-21-13-16(23)17(24)9-10-18(25)22-27-14-15-7-5-4-6-8-15/h4-8,16,21H,9-14H2,1-3H3,(H,22,25)/t16-/m0/s1. The molecule has 1 atom stereocenters. The molecule has 0 bridgehead atoms. The molecule has 28 heavy (non-hydrogen) atoms. The van der Waals surface area contributed by atoms with E-state index in [4.69, 9.17) is 9.57 Å². The van der Waals surface area contributed by atoms with E-state index in [0.717, 1.165) is 5.56 Å². The Bertz CT molecular complexity index is 672. The van der Waals surface area contributed by atoms with Crippen molar-refractivity contribution in [2.45, 2.75) is 51.9 Å². The number of ether oxygens (including phenoxy) is 1. The molecule has 1 heterocycles. The van der Waals surface area contributed by atoms with Crippen LogP contribution in [-0.4, -0.2) is 54.0 Å². The smallest absolute Gasteiger partial charge is 0.410 e. The highest BCUT2D eigenvalue weighted by Crippen LogP contribution is 2.15. The summed E-state index contributed by atoms with van der Waals surface area (Å²) >= 11 is 0. The van der Waals surface area contributed by atoms with E-state index in [1.165, 1.54) is 4.90 Å². The highest BCUT2D eigenvalue weighted by molar-refractivity contribution is 5.90. The van der Waals surface area contributed by atoms with E-state index in [9.17, 15) is 14.4 Å². The van der Waals surface area contributed by atoms with Gasteiger partial charge in [0.25, 0.3) is 0 Å². The Morgan fingerprint density at radius 2 is 1.89 bits per heavy atom.